The van der Waals surface area contributed by atoms with Crippen LogP contribution in [0.15, 0.2) is 0 Å². The van der Waals surface area contributed by atoms with E-state index in [1.54, 1.807) is 0 Å². The number of hydrogen-bond donors (Lipinski definition) is 0. The maximum atomic E-state index is 5.95. The Morgan fingerprint density at radius 2 is 1.27 bits per heavy atom. The highest BCUT2D eigenvalue weighted by Gasteiger charge is 2.35. The topological polar surface area (TPSA) is 12.5 Å². The van der Waals surface area contributed by atoms with Gasteiger partial charge in [-0.1, -0.05) is 65.2 Å². The minimum absolute atomic E-state index is 0.383. The molecule has 0 aromatic carbocycles. The molecular formula is C20H41NO. The molecule has 0 aromatic rings. The van der Waals surface area contributed by atoms with Gasteiger partial charge in [0.2, 0.25) is 0 Å². The Kier molecular flexibility index (Phi) is 9.66. The zero-order valence-corrected chi connectivity index (χ0v) is 16.0. The standard InChI is InChI=1S/C20H41NO/c1-6-8-10-11-13-15-20(5,14-12-9-7-2)21-16-18(3)22-19(4)17-21/h18-19H,6-17H2,1-5H3/t18-,19+,20?. The number of hydrogen-bond acceptors (Lipinski definition) is 2. The first-order chi connectivity index (χ1) is 10.5. The molecule has 1 saturated heterocycles. The third-order valence-corrected chi connectivity index (χ3v) is 5.32. The maximum absolute atomic E-state index is 5.95. The van der Waals surface area contributed by atoms with Gasteiger partial charge in [-0.3, -0.25) is 4.90 Å². The summed E-state index contributed by atoms with van der Waals surface area (Å²) in [4.78, 5) is 2.75. The molecule has 0 saturated carbocycles. The van der Waals surface area contributed by atoms with E-state index in [1.807, 2.05) is 0 Å². The van der Waals surface area contributed by atoms with Gasteiger partial charge in [0.25, 0.3) is 0 Å². The first-order valence-electron chi connectivity index (χ1n) is 9.92. The van der Waals surface area contributed by atoms with Crippen LogP contribution in [-0.2, 0) is 4.74 Å². The Bertz CT molecular complexity index is 271. The minimum Gasteiger partial charge on any atom is -0.373 e. The second kappa shape index (κ2) is 10.6. The fourth-order valence-corrected chi connectivity index (χ4v) is 3.93. The van der Waals surface area contributed by atoms with Crippen LogP contribution in [0, 0.1) is 0 Å². The molecule has 1 rings (SSSR count). The highest BCUT2D eigenvalue weighted by molar-refractivity contribution is 4.90. The van der Waals surface area contributed by atoms with Crippen LogP contribution in [-0.4, -0.2) is 35.7 Å². The molecular weight excluding hydrogens is 270 g/mol. The van der Waals surface area contributed by atoms with Crippen LogP contribution in [0.3, 0.4) is 0 Å². The summed E-state index contributed by atoms with van der Waals surface area (Å²) in [5, 5.41) is 0. The van der Waals surface area contributed by atoms with Crippen LogP contribution in [0.5, 0.6) is 0 Å². The van der Waals surface area contributed by atoms with Crippen molar-refractivity contribution in [1.82, 2.24) is 4.90 Å². The first-order valence-corrected chi connectivity index (χ1v) is 9.92. The SMILES string of the molecule is CCCCCCCC(C)(CCCCC)N1C[C@@H](C)O[C@@H](C)C1. The number of unbranched alkanes of at least 4 members (excludes halogenated alkanes) is 6. The Balaban J connectivity index is 2.55. The van der Waals surface area contributed by atoms with E-state index in [-0.39, 0.29) is 0 Å². The van der Waals surface area contributed by atoms with Crippen molar-refractivity contribution in [3.8, 4) is 0 Å². The van der Waals surface area contributed by atoms with Gasteiger partial charge >= 0.3 is 0 Å². The van der Waals surface area contributed by atoms with Crippen molar-refractivity contribution >= 4 is 0 Å². The van der Waals surface area contributed by atoms with Crippen molar-refractivity contribution in [2.75, 3.05) is 13.1 Å². The molecule has 0 aliphatic carbocycles. The summed E-state index contributed by atoms with van der Waals surface area (Å²) >= 11 is 0. The molecule has 0 radical (unpaired) electrons. The molecule has 0 bridgehead atoms. The van der Waals surface area contributed by atoms with Gasteiger partial charge in [0.05, 0.1) is 12.2 Å². The van der Waals surface area contributed by atoms with E-state index in [9.17, 15) is 0 Å². The van der Waals surface area contributed by atoms with Crippen LogP contribution >= 0.6 is 0 Å². The molecule has 1 fully saturated rings. The molecule has 1 aliphatic heterocycles. The van der Waals surface area contributed by atoms with E-state index in [1.165, 1.54) is 64.2 Å². The van der Waals surface area contributed by atoms with Crippen molar-refractivity contribution in [1.29, 1.82) is 0 Å². The summed E-state index contributed by atoms with van der Waals surface area (Å²) in [5.74, 6) is 0. The minimum atomic E-state index is 0.383. The molecule has 2 heteroatoms. The van der Waals surface area contributed by atoms with Crippen LogP contribution in [0.4, 0.5) is 0 Å². The summed E-state index contributed by atoms with van der Waals surface area (Å²) in [6, 6.07) is 0. The smallest absolute Gasteiger partial charge is 0.0678 e. The summed E-state index contributed by atoms with van der Waals surface area (Å²) in [5.41, 5.74) is 0.383. The number of nitrogens with zero attached hydrogens (tertiary/aromatic N) is 1. The van der Waals surface area contributed by atoms with Gasteiger partial charge in [0.1, 0.15) is 0 Å². The predicted molar refractivity (Wildman–Crippen MR) is 97.5 cm³/mol. The molecule has 0 spiro atoms. The maximum Gasteiger partial charge on any atom is 0.0678 e. The van der Waals surface area contributed by atoms with Gasteiger partial charge in [0.15, 0.2) is 0 Å². The lowest BCUT2D eigenvalue weighted by Gasteiger charge is -2.47. The zero-order chi connectivity index (χ0) is 16.4. The molecule has 0 N–H and O–H groups in total. The molecule has 22 heavy (non-hydrogen) atoms. The monoisotopic (exact) mass is 311 g/mol. The third-order valence-electron chi connectivity index (χ3n) is 5.32. The largest absolute Gasteiger partial charge is 0.373 e. The molecule has 1 heterocycles. The van der Waals surface area contributed by atoms with E-state index in [0.29, 0.717) is 17.7 Å². The molecule has 1 aliphatic rings. The Hall–Kier alpha value is -0.0800. The molecule has 2 nitrogen and oxygen atoms in total. The fraction of sp³-hybridized carbons (Fsp3) is 1.00. The summed E-state index contributed by atoms with van der Waals surface area (Å²) in [6.07, 6.45) is 14.5. The molecule has 132 valence electrons. The number of rotatable bonds is 11. The van der Waals surface area contributed by atoms with Crippen molar-refractivity contribution in [2.45, 2.75) is 117 Å². The zero-order valence-electron chi connectivity index (χ0n) is 16.0. The Morgan fingerprint density at radius 1 is 0.818 bits per heavy atom. The quantitative estimate of drug-likeness (QED) is 0.447. The van der Waals surface area contributed by atoms with E-state index in [2.05, 4.69) is 39.5 Å². The highest BCUT2D eigenvalue weighted by atomic mass is 16.5. The van der Waals surface area contributed by atoms with Gasteiger partial charge < -0.3 is 4.74 Å². The molecule has 3 atom stereocenters. The summed E-state index contributed by atoms with van der Waals surface area (Å²) in [7, 11) is 0. The van der Waals surface area contributed by atoms with Crippen molar-refractivity contribution in [2.24, 2.45) is 0 Å². The average molecular weight is 312 g/mol. The van der Waals surface area contributed by atoms with Gasteiger partial charge in [0, 0.05) is 18.6 Å². The summed E-state index contributed by atoms with van der Waals surface area (Å²) in [6.45, 7) is 13.8. The van der Waals surface area contributed by atoms with E-state index >= 15 is 0 Å². The normalized spacial score (nSPS) is 26.0. The number of morpholine rings is 1. The molecule has 0 aromatic heterocycles. The second-order valence-corrected chi connectivity index (χ2v) is 7.78. The number of ether oxygens (including phenoxy) is 1. The predicted octanol–water partition coefficient (Wildman–Crippen LogP) is 5.80. The van der Waals surface area contributed by atoms with Crippen LogP contribution < -0.4 is 0 Å². The second-order valence-electron chi connectivity index (χ2n) is 7.78. The van der Waals surface area contributed by atoms with E-state index in [0.717, 1.165) is 13.1 Å². The third kappa shape index (κ3) is 7.00. The van der Waals surface area contributed by atoms with Gasteiger partial charge in [-0.25, -0.2) is 0 Å². The average Bonchev–Trinajstić information content (AvgIpc) is 2.46. The lowest BCUT2D eigenvalue weighted by Crippen LogP contribution is -2.56. The lowest BCUT2D eigenvalue weighted by atomic mass is 9.85. The molecule has 1 unspecified atom stereocenters. The fourth-order valence-electron chi connectivity index (χ4n) is 3.93. The van der Waals surface area contributed by atoms with Crippen molar-refractivity contribution in [3.63, 3.8) is 0 Å². The first kappa shape index (κ1) is 20.0. The van der Waals surface area contributed by atoms with Gasteiger partial charge in [-0.05, 0) is 33.6 Å². The van der Waals surface area contributed by atoms with Crippen molar-refractivity contribution < 1.29 is 4.74 Å². The van der Waals surface area contributed by atoms with Crippen molar-refractivity contribution in [3.05, 3.63) is 0 Å². The van der Waals surface area contributed by atoms with Gasteiger partial charge in [-0.15, -0.1) is 0 Å². The van der Waals surface area contributed by atoms with Gasteiger partial charge in [-0.2, -0.15) is 0 Å². The van der Waals surface area contributed by atoms with E-state index < -0.39 is 0 Å². The summed E-state index contributed by atoms with van der Waals surface area (Å²) < 4.78 is 5.95. The van der Waals surface area contributed by atoms with Crippen LogP contribution in [0.1, 0.15) is 98.8 Å². The molecule has 0 amide bonds. The highest BCUT2D eigenvalue weighted by Crippen LogP contribution is 2.31. The Morgan fingerprint density at radius 3 is 1.82 bits per heavy atom. The van der Waals surface area contributed by atoms with Crippen LogP contribution in [0.25, 0.3) is 0 Å². The lowest BCUT2D eigenvalue weighted by molar-refractivity contribution is -0.103. The van der Waals surface area contributed by atoms with Crippen LogP contribution in [0.2, 0.25) is 0 Å². The Labute approximate surface area is 140 Å². The van der Waals surface area contributed by atoms with E-state index in [4.69, 9.17) is 4.74 Å².